The third-order valence-electron chi connectivity index (χ3n) is 4.99. The van der Waals surface area contributed by atoms with Gasteiger partial charge in [0, 0.05) is 25.2 Å². The predicted molar refractivity (Wildman–Crippen MR) is 100 cm³/mol. The number of pyridine rings is 1. The van der Waals surface area contributed by atoms with E-state index >= 15 is 0 Å². The second-order valence-corrected chi connectivity index (χ2v) is 7.06. The van der Waals surface area contributed by atoms with Crippen molar-refractivity contribution in [3.8, 4) is 5.75 Å². The molecule has 27 heavy (non-hydrogen) atoms. The number of aromatic nitrogens is 2. The van der Waals surface area contributed by atoms with E-state index in [1.54, 1.807) is 29.3 Å². The first kappa shape index (κ1) is 17.5. The van der Waals surface area contributed by atoms with Crippen molar-refractivity contribution in [2.45, 2.75) is 19.8 Å². The van der Waals surface area contributed by atoms with Crippen LogP contribution in [0.2, 0.25) is 0 Å². The van der Waals surface area contributed by atoms with Crippen LogP contribution in [0.5, 0.6) is 5.75 Å². The zero-order valence-electron chi connectivity index (χ0n) is 15.3. The highest BCUT2D eigenvalue weighted by Crippen LogP contribution is 2.22. The molecule has 6 heteroatoms. The number of carbonyl (C=O) groups excluding carboxylic acids is 1. The smallest absolute Gasteiger partial charge is 0.277 e. The molecule has 1 aromatic carbocycles. The molecule has 3 aromatic rings. The van der Waals surface area contributed by atoms with Crippen LogP contribution >= 0.6 is 0 Å². The molecule has 0 spiro atoms. The Morgan fingerprint density at radius 1 is 1.26 bits per heavy atom. The maximum absolute atomic E-state index is 14.6. The Kier molecular flexibility index (Phi) is 4.79. The number of fused-ring (bicyclic) bond motifs is 1. The summed E-state index contributed by atoms with van der Waals surface area (Å²) in [6, 6.07) is 13.1. The molecule has 1 atom stereocenters. The summed E-state index contributed by atoms with van der Waals surface area (Å²) >= 11 is 0. The highest BCUT2D eigenvalue weighted by molar-refractivity contribution is 5.93. The minimum absolute atomic E-state index is 0.110. The van der Waals surface area contributed by atoms with E-state index in [9.17, 15) is 9.18 Å². The predicted octanol–water partition coefficient (Wildman–Crippen LogP) is 3.71. The summed E-state index contributed by atoms with van der Waals surface area (Å²) in [6.45, 7) is 3.75. The molecule has 1 unspecified atom stereocenters. The lowest BCUT2D eigenvalue weighted by Crippen LogP contribution is -2.42. The average Bonchev–Trinajstić information content (AvgIpc) is 3.04. The van der Waals surface area contributed by atoms with Gasteiger partial charge in [-0.1, -0.05) is 23.8 Å². The number of imidazole rings is 1. The largest absolute Gasteiger partial charge is 0.493 e. The van der Waals surface area contributed by atoms with Crippen LogP contribution in [-0.4, -0.2) is 39.9 Å². The van der Waals surface area contributed by atoms with E-state index in [1.807, 2.05) is 31.2 Å². The van der Waals surface area contributed by atoms with Gasteiger partial charge in [-0.2, -0.15) is 4.39 Å². The van der Waals surface area contributed by atoms with Gasteiger partial charge in [0.25, 0.3) is 5.91 Å². The zero-order chi connectivity index (χ0) is 18.8. The Morgan fingerprint density at radius 3 is 2.85 bits per heavy atom. The maximum Gasteiger partial charge on any atom is 0.277 e. The number of likely N-dealkylation sites (tertiary alicyclic amines) is 1. The SMILES string of the molecule is Cc1ccc(OCC2CCCN(C(=O)c3nc4ccccn4c3F)C2)cc1. The Balaban J connectivity index is 1.43. The van der Waals surface area contributed by atoms with Crippen LogP contribution in [0.25, 0.3) is 5.65 Å². The number of piperidine rings is 1. The molecular formula is C21H22FN3O2. The van der Waals surface area contributed by atoms with Gasteiger partial charge in [-0.3, -0.25) is 9.20 Å². The van der Waals surface area contributed by atoms with Crippen LogP contribution in [0, 0.1) is 18.8 Å². The standard InChI is InChI=1S/C21H22FN3O2/c1-15-7-9-17(10-8-15)27-14-16-5-4-11-24(13-16)21(26)19-20(22)25-12-3-2-6-18(25)23-19/h2-3,6-10,12,16H,4-5,11,13-14H2,1H3. The molecular weight excluding hydrogens is 345 g/mol. The van der Waals surface area contributed by atoms with Crippen molar-refractivity contribution < 1.29 is 13.9 Å². The molecule has 0 aliphatic carbocycles. The topological polar surface area (TPSA) is 46.8 Å². The van der Waals surface area contributed by atoms with Gasteiger partial charge in [-0.15, -0.1) is 0 Å². The lowest BCUT2D eigenvalue weighted by atomic mass is 9.98. The van der Waals surface area contributed by atoms with E-state index in [4.69, 9.17) is 4.74 Å². The van der Waals surface area contributed by atoms with Gasteiger partial charge in [0.1, 0.15) is 11.4 Å². The Hall–Kier alpha value is -2.89. The van der Waals surface area contributed by atoms with Crippen LogP contribution < -0.4 is 4.74 Å². The summed E-state index contributed by atoms with van der Waals surface area (Å²) in [7, 11) is 0. The third-order valence-corrected chi connectivity index (χ3v) is 4.99. The lowest BCUT2D eigenvalue weighted by molar-refractivity contribution is 0.0623. The molecule has 3 heterocycles. The molecule has 2 aromatic heterocycles. The fourth-order valence-corrected chi connectivity index (χ4v) is 3.49. The number of hydrogen-bond acceptors (Lipinski definition) is 3. The Morgan fingerprint density at radius 2 is 2.07 bits per heavy atom. The molecule has 0 saturated carbocycles. The van der Waals surface area contributed by atoms with Crippen molar-refractivity contribution in [3.05, 3.63) is 65.9 Å². The summed E-state index contributed by atoms with van der Waals surface area (Å²) in [6.07, 6.45) is 3.44. The Labute approximate surface area is 157 Å². The summed E-state index contributed by atoms with van der Waals surface area (Å²) in [5.74, 6) is 0.101. The van der Waals surface area contributed by atoms with Crippen LogP contribution in [-0.2, 0) is 0 Å². The van der Waals surface area contributed by atoms with Crippen LogP contribution in [0.15, 0.2) is 48.7 Å². The summed E-state index contributed by atoms with van der Waals surface area (Å²) < 4.78 is 21.7. The number of ether oxygens (including phenoxy) is 1. The van der Waals surface area contributed by atoms with Crippen molar-refractivity contribution in [2.24, 2.45) is 5.92 Å². The first-order valence-corrected chi connectivity index (χ1v) is 9.23. The number of carbonyl (C=O) groups is 1. The minimum atomic E-state index is -0.603. The number of rotatable bonds is 4. The number of nitrogens with zero attached hydrogens (tertiary/aromatic N) is 3. The summed E-state index contributed by atoms with van der Waals surface area (Å²) in [4.78, 5) is 18.7. The van der Waals surface area contributed by atoms with E-state index in [2.05, 4.69) is 4.98 Å². The number of hydrogen-bond donors (Lipinski definition) is 0. The second-order valence-electron chi connectivity index (χ2n) is 7.06. The summed E-state index contributed by atoms with van der Waals surface area (Å²) in [5, 5.41) is 0. The minimum Gasteiger partial charge on any atom is -0.493 e. The van der Waals surface area contributed by atoms with Crippen LogP contribution in [0.3, 0.4) is 0 Å². The molecule has 1 amide bonds. The quantitative estimate of drug-likeness (QED) is 0.706. The zero-order valence-corrected chi connectivity index (χ0v) is 15.3. The number of benzene rings is 1. The van der Waals surface area contributed by atoms with Gasteiger partial charge >= 0.3 is 0 Å². The molecule has 0 radical (unpaired) electrons. The van der Waals surface area contributed by atoms with Crippen LogP contribution in [0.4, 0.5) is 4.39 Å². The Bertz CT molecular complexity index is 952. The normalized spacial score (nSPS) is 17.3. The van der Waals surface area contributed by atoms with Crippen molar-refractivity contribution in [1.29, 1.82) is 0 Å². The third kappa shape index (κ3) is 3.65. The van der Waals surface area contributed by atoms with E-state index in [0.29, 0.717) is 25.3 Å². The van der Waals surface area contributed by atoms with E-state index < -0.39 is 5.95 Å². The molecule has 140 valence electrons. The first-order chi connectivity index (χ1) is 13.1. The molecule has 5 nitrogen and oxygen atoms in total. The monoisotopic (exact) mass is 367 g/mol. The molecule has 1 aliphatic rings. The number of amides is 1. The lowest BCUT2D eigenvalue weighted by Gasteiger charge is -2.32. The molecule has 0 N–H and O–H groups in total. The number of halogens is 1. The first-order valence-electron chi connectivity index (χ1n) is 9.23. The van der Waals surface area contributed by atoms with Crippen LogP contribution in [0.1, 0.15) is 28.9 Å². The van der Waals surface area contributed by atoms with Crippen molar-refractivity contribution in [2.75, 3.05) is 19.7 Å². The number of aryl methyl sites for hydroxylation is 1. The van der Waals surface area contributed by atoms with Gasteiger partial charge in [-0.25, -0.2) is 4.98 Å². The summed E-state index contributed by atoms with van der Waals surface area (Å²) in [5.41, 5.74) is 1.52. The van der Waals surface area contributed by atoms with Crippen molar-refractivity contribution in [3.63, 3.8) is 0 Å². The molecule has 1 aliphatic heterocycles. The van der Waals surface area contributed by atoms with E-state index in [0.717, 1.165) is 18.6 Å². The van der Waals surface area contributed by atoms with Gasteiger partial charge < -0.3 is 9.64 Å². The molecule has 4 rings (SSSR count). The van der Waals surface area contributed by atoms with Gasteiger partial charge in [0.05, 0.1) is 6.61 Å². The second kappa shape index (κ2) is 7.39. The highest BCUT2D eigenvalue weighted by Gasteiger charge is 2.29. The molecule has 1 fully saturated rings. The molecule has 0 bridgehead atoms. The highest BCUT2D eigenvalue weighted by atomic mass is 19.1. The van der Waals surface area contributed by atoms with Crippen molar-refractivity contribution >= 4 is 11.6 Å². The van der Waals surface area contributed by atoms with Gasteiger partial charge in [0.2, 0.25) is 5.95 Å². The van der Waals surface area contributed by atoms with Gasteiger partial charge in [-0.05, 0) is 44.0 Å². The molecule has 1 saturated heterocycles. The van der Waals surface area contributed by atoms with E-state index in [1.165, 1.54) is 9.96 Å². The van der Waals surface area contributed by atoms with Crippen molar-refractivity contribution in [1.82, 2.24) is 14.3 Å². The fraction of sp³-hybridized carbons (Fsp3) is 0.333. The maximum atomic E-state index is 14.6. The van der Waals surface area contributed by atoms with E-state index in [-0.39, 0.29) is 17.5 Å². The fourth-order valence-electron chi connectivity index (χ4n) is 3.49. The van der Waals surface area contributed by atoms with Gasteiger partial charge in [0.15, 0.2) is 5.69 Å². The average molecular weight is 367 g/mol.